The van der Waals surface area contributed by atoms with Crippen LogP contribution in [-0.4, -0.2) is 154 Å². The summed E-state index contributed by atoms with van der Waals surface area (Å²) in [4.78, 5) is 68.2. The Hall–Kier alpha value is -9.63. The van der Waals surface area contributed by atoms with Gasteiger partial charge in [-0.3, -0.25) is 0 Å². The van der Waals surface area contributed by atoms with Gasteiger partial charge in [-0.2, -0.15) is 0 Å². The van der Waals surface area contributed by atoms with Gasteiger partial charge in [0.15, 0.2) is 81.6 Å². The minimum absolute atomic E-state index is 0.294. The van der Waals surface area contributed by atoms with E-state index in [4.69, 9.17) is 23.7 Å². The number of carboxylic acid groups (broad SMARTS) is 1. The molecule has 5 atom stereocenters. The third kappa shape index (κ3) is 7.54. The maximum Gasteiger partial charge on any atom is 0.340 e. The number of esters is 4. The second-order valence-electron chi connectivity index (χ2n) is 14.5. The lowest BCUT2D eigenvalue weighted by Gasteiger charge is -2.42. The Morgan fingerprint density at radius 2 is 0.926 bits per heavy atom. The lowest BCUT2D eigenvalue weighted by molar-refractivity contribution is -0.283. The number of rotatable bonds is 6. The molecule has 0 saturated carbocycles. The van der Waals surface area contributed by atoms with E-state index in [1.165, 1.54) is 0 Å². The van der Waals surface area contributed by atoms with Gasteiger partial charge in [-0.05, 0) is 36.4 Å². The van der Waals surface area contributed by atoms with Gasteiger partial charge in [0.1, 0.15) is 12.7 Å². The van der Waals surface area contributed by atoms with Gasteiger partial charge in [-0.1, -0.05) is 0 Å². The molecule has 27 heteroatoms. The van der Waals surface area contributed by atoms with Gasteiger partial charge in [-0.15, -0.1) is 0 Å². The molecule has 17 N–H and O–H groups in total. The van der Waals surface area contributed by atoms with Gasteiger partial charge >= 0.3 is 29.8 Å². The summed E-state index contributed by atoms with van der Waals surface area (Å²) in [6, 6.07) is 2.51. The van der Waals surface area contributed by atoms with Crippen molar-refractivity contribution in [1.82, 2.24) is 0 Å². The number of carbonyl (C=O) groups is 5. The van der Waals surface area contributed by atoms with Crippen molar-refractivity contribution in [2.45, 2.75) is 30.7 Å². The molecule has 0 aliphatic carbocycles. The van der Waals surface area contributed by atoms with Gasteiger partial charge in [0.25, 0.3) is 0 Å². The molecule has 0 spiro atoms. The van der Waals surface area contributed by atoms with E-state index in [1.807, 2.05) is 0 Å². The van der Waals surface area contributed by atoms with E-state index < -0.39 is 203 Å². The van der Waals surface area contributed by atoms with Crippen LogP contribution < -0.4 is 0 Å². The number of fused-ring (bicyclic) bond motifs is 5. The molecule has 1 saturated heterocycles. The average molecular weight is 955 g/mol. The van der Waals surface area contributed by atoms with Crippen molar-refractivity contribution in [1.29, 1.82) is 0 Å². The molecular formula is C41H30O27. The van der Waals surface area contributed by atoms with Crippen LogP contribution in [0.1, 0.15) is 51.8 Å². The molecule has 2 bridgehead atoms. The highest BCUT2D eigenvalue weighted by molar-refractivity contribution is 6.09. The van der Waals surface area contributed by atoms with Gasteiger partial charge in [0.05, 0.1) is 27.8 Å². The molecule has 0 aromatic heterocycles. The number of aromatic hydroxyl groups is 15. The maximum absolute atomic E-state index is 14.4. The van der Waals surface area contributed by atoms with E-state index in [-0.39, 0.29) is 0 Å². The van der Waals surface area contributed by atoms with Crippen molar-refractivity contribution in [2.24, 2.45) is 0 Å². The number of aliphatic hydroxyl groups excluding tert-OH is 1. The van der Waals surface area contributed by atoms with E-state index in [0.29, 0.717) is 36.4 Å². The Balaban J connectivity index is 1.43. The topological polar surface area (TPSA) is 475 Å². The highest BCUT2D eigenvalue weighted by Gasteiger charge is 2.53. The molecule has 5 aromatic carbocycles. The summed E-state index contributed by atoms with van der Waals surface area (Å²) in [6.45, 7) is -1.34. The van der Waals surface area contributed by atoms with E-state index in [0.717, 1.165) is 0 Å². The first-order valence-corrected chi connectivity index (χ1v) is 18.6. The van der Waals surface area contributed by atoms with E-state index in [2.05, 4.69) is 0 Å². The standard InChI is InChI=1S/C41H30O27/c42-13-1-8(2-14(43)24(13)48)37(60)68-41-33(57)35-34(66-39(62)11-5-17(46)27(51)31(55)22(11)20-9(36(58)59)3-15(44)25(49)29(20)53)19(65-41)7-64-38(61)10-4-16(45)26(50)30(54)21(10)23-12(40(63)67-35)6-18(47)28(52)32(23)56/h1-6,19,33-35,41-57H,7H2,(H,58,59)/t19?,33?,34-,35+,41+/m1/s1. The van der Waals surface area contributed by atoms with Crippen LogP contribution in [0, 0.1) is 0 Å². The highest BCUT2D eigenvalue weighted by Crippen LogP contribution is 2.55. The summed E-state index contributed by atoms with van der Waals surface area (Å²) >= 11 is 0. The minimum atomic E-state index is -2.67. The summed E-state index contributed by atoms with van der Waals surface area (Å²) in [6.07, 6.45) is -12.5. The predicted molar refractivity (Wildman–Crippen MR) is 211 cm³/mol. The number of ether oxygens (including phenoxy) is 5. The summed E-state index contributed by atoms with van der Waals surface area (Å²) in [5.41, 5.74) is -10.1. The summed E-state index contributed by atoms with van der Waals surface area (Å²) < 4.78 is 27.2. The molecule has 68 heavy (non-hydrogen) atoms. The molecular weight excluding hydrogens is 924 g/mol. The number of benzene rings is 5. The number of hydrogen-bond donors (Lipinski definition) is 17. The lowest BCUT2D eigenvalue weighted by Crippen LogP contribution is -2.62. The number of aliphatic hydroxyl groups is 1. The maximum atomic E-state index is 14.4. The fraction of sp³-hybridized carbons (Fsp3) is 0.146. The number of cyclic esters (lactones) is 1. The molecule has 1 fully saturated rings. The number of hydrogen-bond acceptors (Lipinski definition) is 26. The Morgan fingerprint density at radius 1 is 0.500 bits per heavy atom. The zero-order chi connectivity index (χ0) is 50.1. The van der Waals surface area contributed by atoms with Crippen molar-refractivity contribution in [2.75, 3.05) is 6.61 Å². The van der Waals surface area contributed by atoms with Crippen molar-refractivity contribution < 1.29 is 134 Å². The first-order valence-electron chi connectivity index (χ1n) is 18.6. The zero-order valence-electron chi connectivity index (χ0n) is 33.2. The lowest BCUT2D eigenvalue weighted by atomic mass is 9.91. The summed E-state index contributed by atoms with van der Waals surface area (Å²) in [5, 5.41) is 178. The van der Waals surface area contributed by atoms with E-state index in [9.17, 15) is 111 Å². The van der Waals surface area contributed by atoms with Gasteiger partial charge in [0.2, 0.25) is 29.3 Å². The molecule has 0 amide bonds. The second kappa shape index (κ2) is 16.7. The molecule has 5 aromatic rings. The molecule has 27 nitrogen and oxygen atoms in total. The van der Waals surface area contributed by atoms with Crippen LogP contribution in [0.4, 0.5) is 0 Å². The number of carboxylic acids is 1. The molecule has 0 radical (unpaired) electrons. The van der Waals surface area contributed by atoms with Crippen LogP contribution in [0.2, 0.25) is 0 Å². The average Bonchev–Trinajstić information content (AvgIpc) is 3.28. The SMILES string of the molecule is O=C(O[C@@H]1OC2COC(=O)c3cc(O)c(O)c(O)c3-c3c(cc(O)c(O)c3O)C(=O)O[C@@H](C1O)[C@@H]2OC(=O)c1cc(O)c(O)c(O)c1-c1c(C(=O)O)cc(O)c(O)c1O)c1cc(O)c(O)c(O)c1. The molecule has 356 valence electrons. The number of aromatic carboxylic acids is 1. The minimum Gasteiger partial charge on any atom is -0.504 e. The number of phenolic OH excluding ortho intramolecular Hbond substituents is 15. The van der Waals surface area contributed by atoms with E-state index >= 15 is 0 Å². The van der Waals surface area contributed by atoms with Gasteiger partial charge in [-0.25, -0.2) is 24.0 Å². The molecule has 2 aliphatic heterocycles. The monoisotopic (exact) mass is 954 g/mol. The van der Waals surface area contributed by atoms with Gasteiger partial charge in [0, 0.05) is 22.3 Å². The van der Waals surface area contributed by atoms with Crippen molar-refractivity contribution >= 4 is 29.8 Å². The summed E-state index contributed by atoms with van der Waals surface area (Å²) in [7, 11) is 0. The van der Waals surface area contributed by atoms with Crippen LogP contribution in [0.5, 0.6) is 86.2 Å². The van der Waals surface area contributed by atoms with Crippen molar-refractivity contribution in [3.8, 4) is 108 Å². The Kier molecular flexibility index (Phi) is 11.4. The smallest absolute Gasteiger partial charge is 0.340 e. The van der Waals surface area contributed by atoms with Gasteiger partial charge < -0.3 is 110 Å². The van der Waals surface area contributed by atoms with Crippen LogP contribution in [0.25, 0.3) is 22.3 Å². The normalized spacial score (nSPS) is 18.9. The third-order valence-electron chi connectivity index (χ3n) is 10.4. The number of carbonyl (C=O) groups excluding carboxylic acids is 4. The van der Waals surface area contributed by atoms with Crippen LogP contribution in [-0.2, 0) is 23.7 Å². The Labute approximate surface area is 374 Å². The first-order chi connectivity index (χ1) is 31.8. The Bertz CT molecular complexity index is 3010. The largest absolute Gasteiger partial charge is 0.504 e. The molecule has 2 aliphatic rings. The molecule has 2 heterocycles. The third-order valence-corrected chi connectivity index (χ3v) is 10.4. The zero-order valence-corrected chi connectivity index (χ0v) is 33.2. The second-order valence-corrected chi connectivity index (χ2v) is 14.5. The van der Waals surface area contributed by atoms with Crippen LogP contribution in [0.15, 0.2) is 36.4 Å². The van der Waals surface area contributed by atoms with E-state index in [1.54, 1.807) is 0 Å². The summed E-state index contributed by atoms with van der Waals surface area (Å²) in [5.74, 6) is -29.4. The molecule has 7 rings (SSSR count). The predicted octanol–water partition coefficient (Wildman–Crippen LogP) is 1.17. The Morgan fingerprint density at radius 3 is 1.43 bits per heavy atom. The number of phenols is 15. The van der Waals surface area contributed by atoms with Crippen molar-refractivity contribution in [3.63, 3.8) is 0 Å². The fourth-order valence-electron chi connectivity index (χ4n) is 7.15. The van der Waals surface area contributed by atoms with Crippen molar-refractivity contribution in [3.05, 3.63) is 64.2 Å². The molecule has 2 unspecified atom stereocenters. The fourth-order valence-corrected chi connectivity index (χ4v) is 7.15. The van der Waals surface area contributed by atoms with Crippen LogP contribution in [0.3, 0.4) is 0 Å². The highest BCUT2D eigenvalue weighted by atomic mass is 16.7. The first kappa shape index (κ1) is 46.4. The van der Waals surface area contributed by atoms with Crippen LogP contribution >= 0.6 is 0 Å². The quantitative estimate of drug-likeness (QED) is 0.0645.